The molecule has 0 fully saturated rings. The zero-order chi connectivity index (χ0) is 9.90. The smallest absolute Gasteiger partial charge is 0.406 e. The van der Waals surface area contributed by atoms with Gasteiger partial charge in [0.1, 0.15) is 5.76 Å². The number of halogens is 3. The molecule has 0 aliphatic heterocycles. The van der Waals surface area contributed by atoms with E-state index in [4.69, 9.17) is 6.42 Å². The van der Waals surface area contributed by atoms with Crippen LogP contribution in [0, 0.1) is 12.3 Å². The summed E-state index contributed by atoms with van der Waals surface area (Å²) in [6, 6.07) is 0. The van der Waals surface area contributed by atoms with E-state index in [-0.39, 0.29) is 5.76 Å². The first-order valence-corrected chi connectivity index (χ1v) is 3.64. The Labute approximate surface area is 73.9 Å². The molecule has 1 aliphatic rings. The summed E-state index contributed by atoms with van der Waals surface area (Å²) in [6.45, 7) is 0. The monoisotopic (exact) mass is 188 g/mol. The maximum atomic E-state index is 11.7. The minimum atomic E-state index is -4.64. The molecule has 0 aromatic rings. The van der Waals surface area contributed by atoms with Gasteiger partial charge in [0.05, 0.1) is 0 Å². The summed E-state index contributed by atoms with van der Waals surface area (Å²) in [5, 5.41) is 0. The topological polar surface area (TPSA) is 9.23 Å². The first-order valence-electron chi connectivity index (χ1n) is 3.64. The highest BCUT2D eigenvalue weighted by Gasteiger charge is 2.31. The van der Waals surface area contributed by atoms with E-state index in [0.717, 1.165) is 0 Å². The molecule has 0 saturated carbocycles. The molecule has 0 radical (unpaired) electrons. The van der Waals surface area contributed by atoms with E-state index < -0.39 is 6.36 Å². The Kier molecular flexibility index (Phi) is 2.66. The average Bonchev–Trinajstić information content (AvgIpc) is 2.01. The highest BCUT2D eigenvalue weighted by molar-refractivity contribution is 5.34. The summed E-state index contributed by atoms with van der Waals surface area (Å²) in [7, 11) is 0. The van der Waals surface area contributed by atoms with E-state index in [2.05, 4.69) is 10.7 Å². The third kappa shape index (κ3) is 3.24. The van der Waals surface area contributed by atoms with E-state index in [1.807, 2.05) is 0 Å². The van der Waals surface area contributed by atoms with Crippen LogP contribution in [-0.2, 0) is 4.74 Å². The van der Waals surface area contributed by atoms with Crippen LogP contribution in [0.5, 0.6) is 0 Å². The zero-order valence-corrected chi connectivity index (χ0v) is 6.69. The second kappa shape index (κ2) is 3.56. The quantitative estimate of drug-likeness (QED) is 0.575. The van der Waals surface area contributed by atoms with Crippen molar-refractivity contribution in [3.63, 3.8) is 0 Å². The Hall–Kier alpha value is -1.37. The van der Waals surface area contributed by atoms with E-state index in [0.29, 0.717) is 18.4 Å². The molecule has 1 nitrogen and oxygen atoms in total. The predicted octanol–water partition coefficient (Wildman–Crippen LogP) is 2.76. The zero-order valence-electron chi connectivity index (χ0n) is 6.69. The Balaban J connectivity index is 2.68. The van der Waals surface area contributed by atoms with Crippen molar-refractivity contribution in [1.29, 1.82) is 0 Å². The summed E-state index contributed by atoms with van der Waals surface area (Å²) < 4.78 is 38.9. The van der Waals surface area contributed by atoms with Crippen LogP contribution in [0.25, 0.3) is 0 Å². The minimum Gasteiger partial charge on any atom is -0.406 e. The molecular weight excluding hydrogens is 181 g/mol. The number of alkyl halides is 3. The third-order valence-electron chi connectivity index (χ3n) is 1.49. The van der Waals surface area contributed by atoms with E-state index >= 15 is 0 Å². The maximum Gasteiger partial charge on any atom is 0.573 e. The summed E-state index contributed by atoms with van der Waals surface area (Å²) in [6.07, 6.45) is 4.10. The van der Waals surface area contributed by atoms with Gasteiger partial charge in [-0.05, 0) is 25.0 Å². The fourth-order valence-electron chi connectivity index (χ4n) is 0.991. The molecule has 0 unspecified atom stereocenters. The van der Waals surface area contributed by atoms with Crippen LogP contribution in [0.2, 0.25) is 0 Å². The SMILES string of the molecule is C#CC1=CC(OC(F)(F)F)=CCC1. The molecule has 0 aromatic heterocycles. The van der Waals surface area contributed by atoms with Crippen molar-refractivity contribution in [3.05, 3.63) is 23.5 Å². The van der Waals surface area contributed by atoms with Crippen LogP contribution in [0.3, 0.4) is 0 Å². The van der Waals surface area contributed by atoms with Gasteiger partial charge < -0.3 is 4.74 Å². The fourth-order valence-corrected chi connectivity index (χ4v) is 0.991. The number of ether oxygens (including phenoxy) is 1. The Morgan fingerprint density at radius 1 is 1.46 bits per heavy atom. The molecule has 4 heteroatoms. The second-order valence-electron chi connectivity index (χ2n) is 2.51. The summed E-state index contributed by atoms with van der Waals surface area (Å²) in [5.41, 5.74) is 0.529. The lowest BCUT2D eigenvalue weighted by molar-refractivity contribution is -0.303. The fraction of sp³-hybridized carbons (Fsp3) is 0.333. The molecule has 0 saturated heterocycles. The van der Waals surface area contributed by atoms with Crippen molar-refractivity contribution in [2.45, 2.75) is 19.2 Å². The molecule has 0 N–H and O–H groups in total. The van der Waals surface area contributed by atoms with Crippen molar-refractivity contribution in [2.75, 3.05) is 0 Å². The van der Waals surface area contributed by atoms with Crippen LogP contribution in [0.15, 0.2) is 23.5 Å². The van der Waals surface area contributed by atoms with Crippen LogP contribution in [-0.4, -0.2) is 6.36 Å². The van der Waals surface area contributed by atoms with Crippen molar-refractivity contribution in [2.24, 2.45) is 0 Å². The standard InChI is InChI=1S/C9H7F3O/c1-2-7-4-3-5-8(6-7)13-9(10,11)12/h1,5-6H,3-4H2. The number of allylic oxidation sites excluding steroid dienone is 3. The van der Waals surface area contributed by atoms with E-state index in [1.165, 1.54) is 12.2 Å². The Morgan fingerprint density at radius 3 is 2.69 bits per heavy atom. The molecule has 0 amide bonds. The van der Waals surface area contributed by atoms with Gasteiger partial charge in [0.2, 0.25) is 0 Å². The molecule has 13 heavy (non-hydrogen) atoms. The minimum absolute atomic E-state index is 0.216. The van der Waals surface area contributed by atoms with Crippen LogP contribution >= 0.6 is 0 Å². The molecule has 1 rings (SSSR count). The van der Waals surface area contributed by atoms with Crippen molar-refractivity contribution >= 4 is 0 Å². The van der Waals surface area contributed by atoms with Crippen molar-refractivity contribution < 1.29 is 17.9 Å². The highest BCUT2D eigenvalue weighted by Crippen LogP contribution is 2.25. The Morgan fingerprint density at radius 2 is 2.15 bits per heavy atom. The van der Waals surface area contributed by atoms with Gasteiger partial charge >= 0.3 is 6.36 Å². The highest BCUT2D eigenvalue weighted by atomic mass is 19.4. The van der Waals surface area contributed by atoms with Crippen LogP contribution in [0.4, 0.5) is 13.2 Å². The van der Waals surface area contributed by atoms with Gasteiger partial charge in [-0.3, -0.25) is 0 Å². The van der Waals surface area contributed by atoms with Crippen LogP contribution < -0.4 is 0 Å². The normalized spacial score (nSPS) is 17.1. The lowest BCUT2D eigenvalue weighted by atomic mass is 10.1. The largest absolute Gasteiger partial charge is 0.573 e. The molecule has 0 heterocycles. The maximum absolute atomic E-state index is 11.7. The number of terminal acetylenes is 1. The number of hydrogen-bond donors (Lipinski definition) is 0. The predicted molar refractivity (Wildman–Crippen MR) is 41.4 cm³/mol. The molecule has 0 atom stereocenters. The molecule has 0 bridgehead atoms. The lowest BCUT2D eigenvalue weighted by Gasteiger charge is -2.13. The molecule has 1 aliphatic carbocycles. The molecular formula is C9H7F3O. The van der Waals surface area contributed by atoms with Gasteiger partial charge in [0.25, 0.3) is 0 Å². The van der Waals surface area contributed by atoms with Gasteiger partial charge in [-0.1, -0.05) is 5.92 Å². The van der Waals surface area contributed by atoms with E-state index in [9.17, 15) is 13.2 Å². The number of hydrogen-bond acceptors (Lipinski definition) is 1. The molecule has 0 spiro atoms. The first kappa shape index (κ1) is 9.72. The Bertz CT molecular complexity index is 291. The van der Waals surface area contributed by atoms with Gasteiger partial charge in [-0.2, -0.15) is 0 Å². The van der Waals surface area contributed by atoms with Crippen molar-refractivity contribution in [3.8, 4) is 12.3 Å². The first-order chi connectivity index (χ1) is 6.01. The third-order valence-corrected chi connectivity index (χ3v) is 1.49. The van der Waals surface area contributed by atoms with Gasteiger partial charge in [0, 0.05) is 5.57 Å². The van der Waals surface area contributed by atoms with Crippen LogP contribution in [0.1, 0.15) is 12.8 Å². The summed E-state index contributed by atoms with van der Waals surface area (Å²) >= 11 is 0. The number of rotatable bonds is 1. The average molecular weight is 188 g/mol. The molecule has 0 aromatic carbocycles. The summed E-state index contributed by atoms with van der Waals surface area (Å²) in [5.74, 6) is 2.08. The van der Waals surface area contributed by atoms with E-state index in [1.54, 1.807) is 0 Å². The van der Waals surface area contributed by atoms with Gasteiger partial charge in [-0.25, -0.2) is 0 Å². The van der Waals surface area contributed by atoms with Gasteiger partial charge in [-0.15, -0.1) is 19.6 Å². The second-order valence-corrected chi connectivity index (χ2v) is 2.51. The van der Waals surface area contributed by atoms with Gasteiger partial charge in [0.15, 0.2) is 0 Å². The summed E-state index contributed by atoms with van der Waals surface area (Å²) in [4.78, 5) is 0. The molecule has 70 valence electrons. The lowest BCUT2D eigenvalue weighted by Crippen LogP contribution is -2.13. The van der Waals surface area contributed by atoms with Crippen molar-refractivity contribution in [1.82, 2.24) is 0 Å².